The number of halogens is 3. The Morgan fingerprint density at radius 1 is 0.769 bits per heavy atom. The molecule has 0 spiro atoms. The largest absolute Gasteiger partial charge is 0.480 e. The summed E-state index contributed by atoms with van der Waals surface area (Å²) in [6.45, 7) is 0.513. The zero-order chi connectivity index (χ0) is 29.8. The molecule has 4 fully saturated rings. The van der Waals surface area contributed by atoms with Crippen LogP contribution in [0.5, 0.6) is 0 Å². The summed E-state index contributed by atoms with van der Waals surface area (Å²) in [4.78, 5) is 43.3. The number of azide groups is 1. The van der Waals surface area contributed by atoms with Crippen molar-refractivity contribution in [1.29, 1.82) is 0 Å². The number of nitrogens with zero attached hydrogens (tertiary/aromatic N) is 3. The van der Waals surface area contributed by atoms with Gasteiger partial charge in [0, 0.05) is 43.8 Å². The van der Waals surface area contributed by atoms with Crippen molar-refractivity contribution in [2.75, 3.05) is 26.2 Å². The average Bonchev–Trinajstić information content (AvgIpc) is 3.63. The molecule has 0 aromatic heterocycles. The number of hydrogen-bond donors (Lipinski definition) is 9. The van der Waals surface area contributed by atoms with Gasteiger partial charge in [-0.3, -0.25) is 24.5 Å². The topological polar surface area (TPSA) is 266 Å². The van der Waals surface area contributed by atoms with E-state index in [0.717, 1.165) is 0 Å². The summed E-state index contributed by atoms with van der Waals surface area (Å²) >= 11 is 0. The van der Waals surface area contributed by atoms with Gasteiger partial charge < -0.3 is 41.5 Å². The predicted molar refractivity (Wildman–Crippen MR) is 125 cm³/mol. The lowest BCUT2D eigenvalue weighted by Gasteiger charge is -2.03. The number of alkyl halides is 3. The maximum Gasteiger partial charge on any atom is 0.320 e. The van der Waals surface area contributed by atoms with Crippen molar-refractivity contribution in [3.63, 3.8) is 0 Å². The molecule has 4 saturated heterocycles. The second kappa shape index (κ2) is 16.0. The fourth-order valence-electron chi connectivity index (χ4n) is 3.74. The molecule has 4 rings (SSSR count). The second-order valence-electron chi connectivity index (χ2n) is 9.05. The molecule has 16 nitrogen and oxygen atoms in total. The van der Waals surface area contributed by atoms with Crippen LogP contribution in [0.3, 0.4) is 0 Å². The molecule has 19 heteroatoms. The molecular weight excluding hydrogens is 539 g/mol. The minimum absolute atomic E-state index is 0.106. The number of carboxylic acid groups (broad SMARTS) is 4. The van der Waals surface area contributed by atoms with Crippen LogP contribution in [0.4, 0.5) is 13.2 Å². The molecule has 222 valence electrons. The Kier molecular flexibility index (Phi) is 13.9. The van der Waals surface area contributed by atoms with Gasteiger partial charge >= 0.3 is 23.9 Å². The number of β-amino-alcohol motifs (C(OH)–C–C–N with tert-alkyl or cyclic N) is 1. The number of aliphatic hydroxyl groups is 1. The standard InChI is InChI=1S/C5H7F2NO2.C5H8FNO2.C5H8N4O2.C5H9NO3/c6-5(7)1-3(4(9)10)8-2-5;6-3-1-4(5(8)9)7-2-3;6-9-8-3-1-4(5(10)11)7-2-3;7-3-1-4(5(8)9)6-2-3/h3,8H,1-2H2,(H,9,10);3-4,7H,1-2H2,(H,8,9);3-4,7H,1-2H2,(H,10,11);3-4,6-7H,1-2H2,(H,8,9). The van der Waals surface area contributed by atoms with Gasteiger partial charge in [0.1, 0.15) is 30.3 Å². The first-order chi connectivity index (χ1) is 18.1. The van der Waals surface area contributed by atoms with E-state index in [1.807, 2.05) is 0 Å². The first kappa shape index (κ1) is 33.8. The normalized spacial score (nSPS) is 32.2. The van der Waals surface area contributed by atoms with Crippen molar-refractivity contribution in [3.05, 3.63) is 10.4 Å². The molecule has 0 bridgehead atoms. The van der Waals surface area contributed by atoms with Gasteiger partial charge in [0.25, 0.3) is 5.92 Å². The van der Waals surface area contributed by atoms with E-state index in [1.54, 1.807) is 0 Å². The van der Waals surface area contributed by atoms with Crippen LogP contribution in [0.2, 0.25) is 0 Å². The molecule has 9 N–H and O–H groups in total. The van der Waals surface area contributed by atoms with Crippen molar-refractivity contribution < 1.29 is 57.9 Å². The lowest BCUT2D eigenvalue weighted by atomic mass is 10.2. The molecule has 0 amide bonds. The quantitative estimate of drug-likeness (QED) is 0.106. The average molecular weight is 572 g/mol. The summed E-state index contributed by atoms with van der Waals surface area (Å²) in [5, 5.41) is 55.8. The third kappa shape index (κ3) is 12.9. The monoisotopic (exact) mass is 571 g/mol. The number of carbonyl (C=O) groups is 4. The van der Waals surface area contributed by atoms with Gasteiger partial charge in [0.2, 0.25) is 0 Å². The van der Waals surface area contributed by atoms with E-state index in [4.69, 9.17) is 31.1 Å². The molecule has 0 aliphatic carbocycles. The van der Waals surface area contributed by atoms with Gasteiger partial charge in [-0.2, -0.15) is 0 Å². The minimum Gasteiger partial charge on any atom is -0.480 e. The first-order valence-electron chi connectivity index (χ1n) is 11.7. The van der Waals surface area contributed by atoms with E-state index < -0.39 is 79.2 Å². The molecule has 0 aromatic carbocycles. The molecule has 7 atom stereocenters. The van der Waals surface area contributed by atoms with E-state index in [0.29, 0.717) is 25.9 Å². The van der Waals surface area contributed by atoms with Crippen LogP contribution in [0.1, 0.15) is 25.7 Å². The van der Waals surface area contributed by atoms with Crippen molar-refractivity contribution in [2.24, 2.45) is 5.11 Å². The molecule has 39 heavy (non-hydrogen) atoms. The number of hydrogen-bond acceptors (Lipinski definition) is 10. The number of nitrogens with one attached hydrogen (secondary N) is 4. The van der Waals surface area contributed by atoms with Gasteiger partial charge in [-0.25, -0.2) is 13.2 Å². The van der Waals surface area contributed by atoms with E-state index in [-0.39, 0.29) is 19.0 Å². The zero-order valence-corrected chi connectivity index (χ0v) is 20.5. The highest BCUT2D eigenvalue weighted by Crippen LogP contribution is 2.24. The minimum atomic E-state index is -2.84. The lowest BCUT2D eigenvalue weighted by Crippen LogP contribution is -2.30. The summed E-state index contributed by atoms with van der Waals surface area (Å²) in [5.41, 5.74) is 8.03. The maximum atomic E-state index is 12.2. The zero-order valence-electron chi connectivity index (χ0n) is 20.5. The van der Waals surface area contributed by atoms with Crippen LogP contribution in [0, 0.1) is 0 Å². The Bertz CT molecular complexity index is 872. The Morgan fingerprint density at radius 3 is 1.54 bits per heavy atom. The van der Waals surface area contributed by atoms with Crippen molar-refractivity contribution in [1.82, 2.24) is 21.3 Å². The van der Waals surface area contributed by atoms with Gasteiger partial charge in [0.05, 0.1) is 18.7 Å². The van der Waals surface area contributed by atoms with Crippen LogP contribution in [-0.2, 0) is 19.2 Å². The Hall–Kier alpha value is -3.22. The molecule has 4 aliphatic rings. The van der Waals surface area contributed by atoms with Crippen molar-refractivity contribution in [2.45, 2.75) is 74.1 Å². The fraction of sp³-hybridized carbons (Fsp3) is 0.800. The van der Waals surface area contributed by atoms with Crippen LogP contribution in [0.25, 0.3) is 10.4 Å². The van der Waals surface area contributed by atoms with E-state index >= 15 is 0 Å². The number of aliphatic hydroxyl groups excluding tert-OH is 1. The second-order valence-corrected chi connectivity index (χ2v) is 9.05. The van der Waals surface area contributed by atoms with Gasteiger partial charge in [-0.1, -0.05) is 5.11 Å². The van der Waals surface area contributed by atoms with E-state index in [1.165, 1.54) is 0 Å². The molecular formula is C20H32F3N7O9. The molecule has 0 radical (unpaired) electrons. The predicted octanol–water partition coefficient (Wildman–Crippen LogP) is -1.26. The lowest BCUT2D eigenvalue weighted by molar-refractivity contribution is -0.140. The number of rotatable bonds is 5. The Labute approximate surface area is 219 Å². The van der Waals surface area contributed by atoms with Gasteiger partial charge in [-0.05, 0) is 12.0 Å². The Balaban J connectivity index is 0.000000261. The maximum absolute atomic E-state index is 12.2. The molecule has 0 aromatic rings. The molecule has 4 heterocycles. The number of aliphatic carboxylic acids is 4. The van der Waals surface area contributed by atoms with Gasteiger partial charge in [0.15, 0.2) is 0 Å². The fourth-order valence-corrected chi connectivity index (χ4v) is 3.74. The molecule has 4 aliphatic heterocycles. The molecule has 7 unspecified atom stereocenters. The van der Waals surface area contributed by atoms with E-state index in [2.05, 4.69) is 31.3 Å². The summed E-state index contributed by atoms with van der Waals surface area (Å²) in [6, 6.07) is -3.04. The summed E-state index contributed by atoms with van der Waals surface area (Å²) in [5.74, 6) is -6.79. The van der Waals surface area contributed by atoms with Crippen LogP contribution < -0.4 is 21.3 Å². The summed E-state index contributed by atoms with van der Waals surface area (Å²) in [6.07, 6.45) is -1.23. The molecule has 0 saturated carbocycles. The first-order valence-corrected chi connectivity index (χ1v) is 11.7. The van der Waals surface area contributed by atoms with Crippen LogP contribution in [0.15, 0.2) is 5.11 Å². The van der Waals surface area contributed by atoms with Crippen LogP contribution in [-0.4, -0.2) is 124 Å². The van der Waals surface area contributed by atoms with Gasteiger partial charge in [-0.15, -0.1) is 0 Å². The third-order valence-corrected chi connectivity index (χ3v) is 5.81. The van der Waals surface area contributed by atoms with Crippen molar-refractivity contribution in [3.8, 4) is 0 Å². The highest BCUT2D eigenvalue weighted by atomic mass is 19.3. The van der Waals surface area contributed by atoms with E-state index in [9.17, 15) is 32.3 Å². The third-order valence-electron chi connectivity index (χ3n) is 5.81. The van der Waals surface area contributed by atoms with Crippen LogP contribution >= 0.6 is 0 Å². The Morgan fingerprint density at radius 2 is 1.26 bits per heavy atom. The smallest absolute Gasteiger partial charge is 0.320 e. The highest BCUT2D eigenvalue weighted by Gasteiger charge is 2.42. The SMILES string of the molecule is O=C(O)C1CC(F)(F)CN1.O=C(O)C1CC(F)CN1.O=C(O)C1CC(O)CN1.[N-]=[N+]=NC1CNC(C(=O)O)C1. The summed E-state index contributed by atoms with van der Waals surface area (Å²) in [7, 11) is 0. The summed E-state index contributed by atoms with van der Waals surface area (Å²) < 4.78 is 36.7. The van der Waals surface area contributed by atoms with Crippen molar-refractivity contribution >= 4 is 23.9 Å². The number of carboxylic acids is 4. The highest BCUT2D eigenvalue weighted by molar-refractivity contribution is 5.75.